The van der Waals surface area contributed by atoms with E-state index in [9.17, 15) is 4.79 Å². The highest BCUT2D eigenvalue weighted by molar-refractivity contribution is 5.78. The largest absolute Gasteiger partial charge is 0.465 e. The van der Waals surface area contributed by atoms with E-state index in [1.54, 1.807) is 19.9 Å². The molecule has 0 bridgehead atoms. The third kappa shape index (κ3) is 3.00. The van der Waals surface area contributed by atoms with E-state index in [0.29, 0.717) is 19.4 Å². The average molecular weight is 254 g/mol. The van der Waals surface area contributed by atoms with Gasteiger partial charge in [-0.1, -0.05) is 11.6 Å². The molecule has 1 aliphatic heterocycles. The summed E-state index contributed by atoms with van der Waals surface area (Å²) in [5, 5.41) is 0. The van der Waals surface area contributed by atoms with Gasteiger partial charge in [-0.2, -0.15) is 0 Å². The van der Waals surface area contributed by atoms with Crippen molar-refractivity contribution >= 4 is 5.97 Å². The normalized spacial score (nSPS) is 25.7. The highest BCUT2D eigenvalue weighted by atomic mass is 16.9. The quantitative estimate of drug-likeness (QED) is 0.517. The molecule has 1 atom stereocenters. The van der Waals surface area contributed by atoms with Crippen LogP contribution in [0.1, 0.15) is 33.6 Å². The van der Waals surface area contributed by atoms with Crippen LogP contribution < -0.4 is 0 Å². The monoisotopic (exact) mass is 254 g/mol. The summed E-state index contributed by atoms with van der Waals surface area (Å²) < 4.78 is 16.2. The lowest BCUT2D eigenvalue weighted by Gasteiger charge is -2.45. The molecule has 0 aromatic heterocycles. The molecule has 102 valence electrons. The molecule has 0 amide bonds. The molecule has 0 N–H and O–H groups in total. The topological polar surface area (TPSA) is 44.8 Å². The van der Waals surface area contributed by atoms with E-state index in [1.165, 1.54) is 0 Å². The molecular formula is C14H22O4. The van der Waals surface area contributed by atoms with Crippen molar-refractivity contribution in [2.24, 2.45) is 5.41 Å². The number of rotatable bonds is 7. The third-order valence-corrected chi connectivity index (χ3v) is 2.89. The van der Waals surface area contributed by atoms with Crippen LogP contribution in [0.15, 0.2) is 24.8 Å². The number of hydrogen-bond acceptors (Lipinski definition) is 4. The van der Waals surface area contributed by atoms with Crippen molar-refractivity contribution in [2.75, 3.05) is 6.61 Å². The molecule has 0 aromatic rings. The first-order valence-electron chi connectivity index (χ1n) is 6.19. The van der Waals surface area contributed by atoms with Gasteiger partial charge < -0.3 is 14.2 Å². The van der Waals surface area contributed by atoms with E-state index in [1.807, 2.05) is 6.92 Å². The van der Waals surface area contributed by atoms with Crippen molar-refractivity contribution in [2.45, 2.75) is 46.2 Å². The van der Waals surface area contributed by atoms with Crippen molar-refractivity contribution < 1.29 is 19.0 Å². The molecule has 1 heterocycles. The van der Waals surface area contributed by atoms with Crippen LogP contribution in [-0.2, 0) is 19.0 Å². The number of hydrogen-bond donors (Lipinski definition) is 0. The molecule has 18 heavy (non-hydrogen) atoms. The Morgan fingerprint density at radius 1 is 1.50 bits per heavy atom. The van der Waals surface area contributed by atoms with Gasteiger partial charge in [0.1, 0.15) is 5.41 Å². The molecule has 0 aliphatic carbocycles. The van der Waals surface area contributed by atoms with Crippen LogP contribution in [0.3, 0.4) is 0 Å². The Kier molecular flexibility index (Phi) is 5.11. The van der Waals surface area contributed by atoms with E-state index in [0.717, 1.165) is 5.57 Å². The maximum Gasteiger partial charge on any atom is 0.317 e. The summed E-state index contributed by atoms with van der Waals surface area (Å²) in [7, 11) is 0. The van der Waals surface area contributed by atoms with Crippen LogP contribution in [0.25, 0.3) is 0 Å². The number of allylic oxidation sites excluding steroid dienone is 2. The first kappa shape index (κ1) is 14.9. The predicted molar refractivity (Wildman–Crippen MR) is 68.7 cm³/mol. The smallest absolute Gasteiger partial charge is 0.317 e. The van der Waals surface area contributed by atoms with E-state index in [4.69, 9.17) is 14.2 Å². The van der Waals surface area contributed by atoms with Gasteiger partial charge in [-0.05, 0) is 33.6 Å². The predicted octanol–water partition coefficient (Wildman–Crippen LogP) is 2.80. The van der Waals surface area contributed by atoms with Crippen molar-refractivity contribution in [3.05, 3.63) is 24.8 Å². The summed E-state index contributed by atoms with van der Waals surface area (Å²) >= 11 is 0. The molecule has 1 fully saturated rings. The molecule has 1 rings (SSSR count). The maximum absolute atomic E-state index is 12.3. The van der Waals surface area contributed by atoms with Crippen LogP contribution in [0.4, 0.5) is 0 Å². The van der Waals surface area contributed by atoms with Gasteiger partial charge >= 0.3 is 5.97 Å². The fraction of sp³-hybridized carbons (Fsp3) is 0.643. The zero-order valence-electron chi connectivity index (χ0n) is 11.4. The number of carbonyl (C=O) groups is 1. The Hall–Kier alpha value is -1.13. The van der Waals surface area contributed by atoms with Gasteiger partial charge in [0.25, 0.3) is 0 Å². The Morgan fingerprint density at radius 3 is 2.50 bits per heavy atom. The minimum atomic E-state index is -0.865. The van der Waals surface area contributed by atoms with Gasteiger partial charge in [-0.25, -0.2) is 0 Å². The number of ether oxygens (including phenoxy) is 3. The molecule has 0 spiro atoms. The maximum atomic E-state index is 12.3. The van der Waals surface area contributed by atoms with Gasteiger partial charge in [-0.3, -0.25) is 4.79 Å². The van der Waals surface area contributed by atoms with Gasteiger partial charge in [0, 0.05) is 0 Å². The second-order valence-corrected chi connectivity index (χ2v) is 4.68. The Bertz CT molecular complexity index is 331. The van der Waals surface area contributed by atoms with E-state index in [-0.39, 0.29) is 12.3 Å². The molecule has 4 nitrogen and oxygen atoms in total. The minimum absolute atomic E-state index is 0.279. The van der Waals surface area contributed by atoms with E-state index in [2.05, 4.69) is 13.2 Å². The van der Waals surface area contributed by atoms with Crippen LogP contribution in [0, 0.1) is 5.41 Å². The van der Waals surface area contributed by atoms with Crippen LogP contribution in [0.2, 0.25) is 0 Å². The highest BCUT2D eigenvalue weighted by Gasteiger charge is 2.52. The summed E-state index contributed by atoms with van der Waals surface area (Å²) in [6.45, 7) is 13.4. The second-order valence-electron chi connectivity index (χ2n) is 4.68. The van der Waals surface area contributed by atoms with Crippen molar-refractivity contribution in [1.29, 1.82) is 0 Å². The van der Waals surface area contributed by atoms with Crippen molar-refractivity contribution in [3.63, 3.8) is 0 Å². The van der Waals surface area contributed by atoms with Crippen molar-refractivity contribution in [1.82, 2.24) is 0 Å². The molecule has 4 heteroatoms. The molecule has 0 aromatic carbocycles. The third-order valence-electron chi connectivity index (χ3n) is 2.89. The fourth-order valence-electron chi connectivity index (χ4n) is 2.19. The SMILES string of the molecule is C=CCC(CC(=C)C)(C(=O)OCC)C1OC(C)O1. The van der Waals surface area contributed by atoms with Crippen LogP contribution >= 0.6 is 0 Å². The Balaban J connectivity index is 2.96. The zero-order chi connectivity index (χ0) is 13.8. The molecule has 1 saturated heterocycles. The van der Waals surface area contributed by atoms with Crippen LogP contribution in [-0.4, -0.2) is 25.2 Å². The van der Waals surface area contributed by atoms with Gasteiger partial charge in [0.2, 0.25) is 0 Å². The Morgan fingerprint density at radius 2 is 2.11 bits per heavy atom. The second kappa shape index (κ2) is 6.16. The van der Waals surface area contributed by atoms with Crippen LogP contribution in [0.5, 0.6) is 0 Å². The Labute approximate surface area is 109 Å². The molecule has 0 saturated carbocycles. The zero-order valence-corrected chi connectivity index (χ0v) is 11.4. The van der Waals surface area contributed by atoms with E-state index < -0.39 is 11.7 Å². The summed E-state index contributed by atoms with van der Waals surface area (Å²) in [5.74, 6) is -0.315. The molecule has 0 radical (unpaired) electrons. The minimum Gasteiger partial charge on any atom is -0.465 e. The van der Waals surface area contributed by atoms with Gasteiger partial charge in [-0.15, -0.1) is 13.2 Å². The van der Waals surface area contributed by atoms with E-state index >= 15 is 0 Å². The molecule has 1 unspecified atom stereocenters. The van der Waals surface area contributed by atoms with Gasteiger partial charge in [0.15, 0.2) is 12.6 Å². The molecule has 1 aliphatic rings. The summed E-state index contributed by atoms with van der Waals surface area (Å²) in [5.41, 5.74) is 0.0208. The number of esters is 1. The summed E-state index contributed by atoms with van der Waals surface area (Å²) in [6.07, 6.45) is 1.74. The summed E-state index contributed by atoms with van der Waals surface area (Å²) in [4.78, 5) is 12.3. The lowest BCUT2D eigenvalue weighted by atomic mass is 9.77. The average Bonchev–Trinajstić information content (AvgIpc) is 2.24. The standard InChI is InChI=1S/C14H22O4/c1-6-8-14(9-10(3)4,12(15)16-7-2)13-17-11(5)18-13/h6,11,13H,1,3,7-9H2,2,4-5H3. The lowest BCUT2D eigenvalue weighted by molar-refractivity contribution is -0.406. The van der Waals surface area contributed by atoms with Crippen molar-refractivity contribution in [3.8, 4) is 0 Å². The lowest BCUT2D eigenvalue weighted by Crippen LogP contribution is -2.55. The first-order chi connectivity index (χ1) is 8.46. The molecular weight excluding hydrogens is 232 g/mol. The summed E-state index contributed by atoms with van der Waals surface area (Å²) in [6, 6.07) is 0. The number of carbonyl (C=O) groups excluding carboxylic acids is 1. The highest BCUT2D eigenvalue weighted by Crippen LogP contribution is 2.42. The first-order valence-corrected chi connectivity index (χ1v) is 6.19. The fourth-order valence-corrected chi connectivity index (χ4v) is 2.19. The van der Waals surface area contributed by atoms with Gasteiger partial charge in [0.05, 0.1) is 6.61 Å².